The zero-order valence-electron chi connectivity index (χ0n) is 7.54. The van der Waals surface area contributed by atoms with Crippen LogP contribution in [0.3, 0.4) is 0 Å². The van der Waals surface area contributed by atoms with Crippen LogP contribution in [0.25, 0.3) is 0 Å². The van der Waals surface area contributed by atoms with E-state index in [1.54, 1.807) is 17.6 Å². The summed E-state index contributed by atoms with van der Waals surface area (Å²) in [4.78, 5) is 18.7. The maximum Gasteiger partial charge on any atom is 0.338 e. The van der Waals surface area contributed by atoms with E-state index in [0.717, 1.165) is 0 Å². The van der Waals surface area contributed by atoms with E-state index >= 15 is 0 Å². The Kier molecular flexibility index (Phi) is 2.59. The standard InChI is InChI=1S/C9H7N3O2S/c13-9(14)6-1-4-15-8(6)12-7-5-10-2-3-11-7/h1-5H,(H,11,12)(H,13,14). The molecule has 0 bridgehead atoms. The largest absolute Gasteiger partial charge is 0.478 e. The number of thiophene rings is 1. The number of anilines is 2. The molecule has 76 valence electrons. The third-order valence-corrected chi connectivity index (χ3v) is 2.53. The Bertz CT molecular complexity index is 469. The van der Waals surface area contributed by atoms with E-state index in [2.05, 4.69) is 15.3 Å². The molecule has 0 aromatic carbocycles. The summed E-state index contributed by atoms with van der Waals surface area (Å²) in [5, 5.41) is 14.0. The van der Waals surface area contributed by atoms with Gasteiger partial charge in [0.2, 0.25) is 0 Å². The minimum Gasteiger partial charge on any atom is -0.478 e. The first kappa shape index (κ1) is 9.60. The summed E-state index contributed by atoms with van der Waals surface area (Å²) in [7, 11) is 0. The van der Waals surface area contributed by atoms with Crippen molar-refractivity contribution in [3.05, 3.63) is 35.6 Å². The molecule has 0 aliphatic rings. The number of carboxylic acids is 1. The molecule has 0 atom stereocenters. The van der Waals surface area contributed by atoms with Gasteiger partial charge in [0.15, 0.2) is 0 Å². The molecule has 0 aliphatic carbocycles. The Hall–Kier alpha value is -1.95. The summed E-state index contributed by atoms with van der Waals surface area (Å²) in [6, 6.07) is 1.55. The molecule has 0 amide bonds. The average Bonchev–Trinajstić information content (AvgIpc) is 2.67. The SMILES string of the molecule is O=C(O)c1ccsc1Nc1cnccn1. The van der Waals surface area contributed by atoms with E-state index in [9.17, 15) is 4.79 Å². The molecule has 0 radical (unpaired) electrons. The zero-order chi connectivity index (χ0) is 10.7. The van der Waals surface area contributed by atoms with Crippen molar-refractivity contribution >= 4 is 28.1 Å². The Balaban J connectivity index is 2.25. The van der Waals surface area contributed by atoms with Crippen LogP contribution in [0.1, 0.15) is 10.4 Å². The summed E-state index contributed by atoms with van der Waals surface area (Å²) >= 11 is 1.31. The van der Waals surface area contributed by atoms with Crippen LogP contribution in [0.2, 0.25) is 0 Å². The maximum absolute atomic E-state index is 10.8. The highest BCUT2D eigenvalue weighted by atomic mass is 32.1. The predicted molar refractivity (Wildman–Crippen MR) is 56.6 cm³/mol. The second-order valence-corrected chi connectivity index (χ2v) is 3.60. The van der Waals surface area contributed by atoms with Gasteiger partial charge in [-0.25, -0.2) is 9.78 Å². The number of hydrogen-bond acceptors (Lipinski definition) is 5. The monoisotopic (exact) mass is 221 g/mol. The number of carbonyl (C=O) groups is 1. The normalized spacial score (nSPS) is 9.87. The molecule has 0 spiro atoms. The van der Waals surface area contributed by atoms with Crippen LogP contribution in [0.15, 0.2) is 30.0 Å². The van der Waals surface area contributed by atoms with Crippen LogP contribution in [-0.2, 0) is 0 Å². The lowest BCUT2D eigenvalue weighted by molar-refractivity contribution is 0.0698. The molecule has 15 heavy (non-hydrogen) atoms. The molecule has 2 heterocycles. The number of aromatic carboxylic acids is 1. The summed E-state index contributed by atoms with van der Waals surface area (Å²) in [6.45, 7) is 0. The van der Waals surface area contributed by atoms with Crippen molar-refractivity contribution in [3.8, 4) is 0 Å². The van der Waals surface area contributed by atoms with E-state index in [-0.39, 0.29) is 5.56 Å². The molecule has 0 unspecified atom stereocenters. The second kappa shape index (κ2) is 4.05. The van der Waals surface area contributed by atoms with Crippen molar-refractivity contribution < 1.29 is 9.90 Å². The summed E-state index contributed by atoms with van der Waals surface area (Å²) in [6.07, 6.45) is 4.62. The lowest BCUT2D eigenvalue weighted by atomic mass is 10.3. The van der Waals surface area contributed by atoms with Crippen molar-refractivity contribution in [1.29, 1.82) is 0 Å². The van der Waals surface area contributed by atoms with Gasteiger partial charge < -0.3 is 10.4 Å². The van der Waals surface area contributed by atoms with Crippen LogP contribution in [0, 0.1) is 0 Å². The third-order valence-electron chi connectivity index (χ3n) is 1.70. The van der Waals surface area contributed by atoms with Crippen LogP contribution < -0.4 is 5.32 Å². The summed E-state index contributed by atoms with van der Waals surface area (Å²) in [5.41, 5.74) is 0.241. The number of hydrogen-bond donors (Lipinski definition) is 2. The fourth-order valence-electron chi connectivity index (χ4n) is 1.05. The molecular weight excluding hydrogens is 214 g/mol. The minimum atomic E-state index is -0.956. The van der Waals surface area contributed by atoms with Crippen molar-refractivity contribution in [2.45, 2.75) is 0 Å². The molecule has 2 rings (SSSR count). The second-order valence-electron chi connectivity index (χ2n) is 2.68. The number of aromatic nitrogens is 2. The first-order valence-electron chi connectivity index (χ1n) is 4.11. The fraction of sp³-hybridized carbons (Fsp3) is 0. The van der Waals surface area contributed by atoms with E-state index < -0.39 is 5.97 Å². The molecule has 0 aliphatic heterocycles. The highest BCUT2D eigenvalue weighted by Gasteiger charge is 2.11. The van der Waals surface area contributed by atoms with Crippen molar-refractivity contribution in [3.63, 3.8) is 0 Å². The van der Waals surface area contributed by atoms with E-state index in [0.29, 0.717) is 10.8 Å². The Morgan fingerprint density at radius 3 is 3.00 bits per heavy atom. The van der Waals surface area contributed by atoms with Gasteiger partial charge in [-0.05, 0) is 11.4 Å². The Morgan fingerprint density at radius 2 is 2.33 bits per heavy atom. The lowest BCUT2D eigenvalue weighted by Gasteiger charge is -2.02. The molecule has 5 nitrogen and oxygen atoms in total. The zero-order valence-corrected chi connectivity index (χ0v) is 8.36. The molecule has 2 N–H and O–H groups in total. The highest BCUT2D eigenvalue weighted by molar-refractivity contribution is 7.14. The molecule has 0 saturated heterocycles. The molecule has 2 aromatic rings. The third kappa shape index (κ3) is 2.10. The van der Waals surface area contributed by atoms with Gasteiger partial charge in [-0.2, -0.15) is 0 Å². The number of carboxylic acid groups (broad SMARTS) is 1. The quantitative estimate of drug-likeness (QED) is 0.828. The molecule has 2 aromatic heterocycles. The van der Waals surface area contributed by atoms with Crippen molar-refractivity contribution in [1.82, 2.24) is 9.97 Å². The van der Waals surface area contributed by atoms with Crippen molar-refractivity contribution in [2.24, 2.45) is 0 Å². The van der Waals surface area contributed by atoms with Gasteiger partial charge in [0.1, 0.15) is 10.8 Å². The first-order valence-corrected chi connectivity index (χ1v) is 4.99. The van der Waals surface area contributed by atoms with Gasteiger partial charge in [-0.15, -0.1) is 11.3 Å². The summed E-state index contributed by atoms with van der Waals surface area (Å²) in [5.74, 6) is -0.426. The highest BCUT2D eigenvalue weighted by Crippen LogP contribution is 2.25. The number of rotatable bonds is 3. The Morgan fingerprint density at radius 1 is 1.47 bits per heavy atom. The van der Waals surface area contributed by atoms with Gasteiger partial charge in [0.05, 0.1) is 11.8 Å². The summed E-state index contributed by atoms with van der Waals surface area (Å²) < 4.78 is 0. The fourth-order valence-corrected chi connectivity index (χ4v) is 1.84. The first-order chi connectivity index (χ1) is 7.27. The number of nitrogens with one attached hydrogen (secondary N) is 1. The van der Waals surface area contributed by atoms with E-state index in [1.165, 1.54) is 23.7 Å². The van der Waals surface area contributed by atoms with Gasteiger partial charge in [0.25, 0.3) is 0 Å². The predicted octanol–water partition coefficient (Wildman–Crippen LogP) is 1.98. The molecule has 6 heteroatoms. The van der Waals surface area contributed by atoms with Crippen LogP contribution in [0.4, 0.5) is 10.8 Å². The molecule has 0 fully saturated rings. The number of nitrogens with zero attached hydrogens (tertiary/aromatic N) is 2. The topological polar surface area (TPSA) is 75.1 Å². The van der Waals surface area contributed by atoms with Gasteiger partial charge in [-0.3, -0.25) is 4.98 Å². The van der Waals surface area contributed by atoms with Crippen LogP contribution >= 0.6 is 11.3 Å². The van der Waals surface area contributed by atoms with Crippen LogP contribution in [0.5, 0.6) is 0 Å². The van der Waals surface area contributed by atoms with Crippen LogP contribution in [-0.4, -0.2) is 21.0 Å². The van der Waals surface area contributed by atoms with Gasteiger partial charge >= 0.3 is 5.97 Å². The van der Waals surface area contributed by atoms with Crippen molar-refractivity contribution in [2.75, 3.05) is 5.32 Å². The van der Waals surface area contributed by atoms with E-state index in [4.69, 9.17) is 5.11 Å². The van der Waals surface area contributed by atoms with Gasteiger partial charge in [-0.1, -0.05) is 0 Å². The average molecular weight is 221 g/mol. The maximum atomic E-state index is 10.8. The smallest absolute Gasteiger partial charge is 0.338 e. The lowest BCUT2D eigenvalue weighted by Crippen LogP contribution is -1.99. The molecule has 0 saturated carbocycles. The van der Waals surface area contributed by atoms with Gasteiger partial charge in [0, 0.05) is 12.4 Å². The molecular formula is C9H7N3O2S. The van der Waals surface area contributed by atoms with E-state index in [1.807, 2.05) is 0 Å². The minimum absolute atomic E-state index is 0.241. The Labute approximate surface area is 89.4 Å².